The lowest BCUT2D eigenvalue weighted by atomic mass is 9.81. The van der Waals surface area contributed by atoms with Crippen LogP contribution in [0.4, 0.5) is 0 Å². The first-order valence-electron chi connectivity index (χ1n) is 16.4. The Kier molecular flexibility index (Phi) is 12.1. The second-order valence-corrected chi connectivity index (χ2v) is 11.6. The minimum Gasteiger partial charge on any atom is -0.497 e. The fraction of sp³-hybridized carbons (Fsp3) is 0.444. The van der Waals surface area contributed by atoms with E-state index in [1.165, 1.54) is 0 Å². The van der Waals surface area contributed by atoms with Crippen LogP contribution in [0.2, 0.25) is 0 Å². The third-order valence-electron chi connectivity index (χ3n) is 8.73. The lowest BCUT2D eigenvalue weighted by Crippen LogP contribution is -2.41. The van der Waals surface area contributed by atoms with E-state index in [0.717, 1.165) is 33.6 Å². The summed E-state index contributed by atoms with van der Waals surface area (Å²) in [5.41, 5.74) is 3.97. The number of nitrogens with zero attached hydrogens (tertiary/aromatic N) is 2. The van der Waals surface area contributed by atoms with Gasteiger partial charge in [-0.3, -0.25) is 14.3 Å². The number of aliphatic hydroxyl groups is 1. The highest BCUT2D eigenvalue weighted by Gasteiger charge is 2.41. The number of nitrogens with one attached hydrogen (secondary N) is 2. The Labute approximate surface area is 280 Å². The van der Waals surface area contributed by atoms with E-state index in [9.17, 15) is 9.59 Å². The summed E-state index contributed by atoms with van der Waals surface area (Å²) >= 11 is 0. The number of allylic oxidation sites excluding steroid dienone is 1. The average Bonchev–Trinajstić information content (AvgIpc) is 3.60. The highest BCUT2D eigenvalue weighted by atomic mass is 16.7. The van der Waals surface area contributed by atoms with Gasteiger partial charge in [-0.15, -0.1) is 0 Å². The standard InChI is InChI=1S/C36H46N4O8/c1-5-47-36-28(14-17-45-19-20-46-18-16-41)30(33-24(2)39(3)40(35(33)43)26-9-7-6-8-10-26)22-32(48-36)34(42)37-15-13-25-23-38-31-12-11-27(44-4)21-29(25)31/h6-12,21-23,28,30,36,38,41H,5,13-20H2,1-4H3,(H,37,42)/t28-,30+,36-/m0/s1. The molecule has 0 saturated heterocycles. The van der Waals surface area contributed by atoms with Gasteiger partial charge in [-0.05, 0) is 68.7 Å². The Morgan fingerprint density at radius 3 is 2.58 bits per heavy atom. The molecule has 3 atom stereocenters. The van der Waals surface area contributed by atoms with Crippen LogP contribution in [-0.2, 0) is 37.2 Å². The lowest BCUT2D eigenvalue weighted by molar-refractivity contribution is -0.168. The molecular weight excluding hydrogens is 616 g/mol. The van der Waals surface area contributed by atoms with E-state index >= 15 is 0 Å². The van der Waals surface area contributed by atoms with Crippen LogP contribution in [0.5, 0.6) is 5.75 Å². The number of carbonyl (C=O) groups is 1. The average molecular weight is 663 g/mol. The van der Waals surface area contributed by atoms with E-state index in [1.807, 2.05) is 80.3 Å². The molecule has 2 aromatic heterocycles. The topological polar surface area (TPSA) is 138 Å². The Morgan fingerprint density at radius 1 is 1.08 bits per heavy atom. The number of benzene rings is 2. The number of hydrogen-bond donors (Lipinski definition) is 3. The Bertz CT molecular complexity index is 1740. The molecule has 0 fully saturated rings. The van der Waals surface area contributed by atoms with Crippen molar-refractivity contribution in [2.24, 2.45) is 13.0 Å². The lowest BCUT2D eigenvalue weighted by Gasteiger charge is -2.36. The SMILES string of the molecule is CCO[C@H]1OC(C(=O)NCCc2c[nH]c3ccc(OC)cc23)=C[C@@H](c2c(C)n(C)n(-c3ccccc3)c2=O)[C@@H]1CCOCCOCCO. The molecule has 5 rings (SSSR count). The Hall–Kier alpha value is -4.36. The maximum absolute atomic E-state index is 14.2. The fourth-order valence-corrected chi connectivity index (χ4v) is 6.24. The highest BCUT2D eigenvalue weighted by molar-refractivity contribution is 5.92. The number of fused-ring (bicyclic) bond motifs is 1. The zero-order chi connectivity index (χ0) is 34.0. The molecule has 12 nitrogen and oxygen atoms in total. The van der Waals surface area contributed by atoms with Crippen molar-refractivity contribution in [3.05, 3.63) is 93.7 Å². The molecule has 3 heterocycles. The monoisotopic (exact) mass is 662 g/mol. The van der Waals surface area contributed by atoms with Gasteiger partial charge < -0.3 is 39.1 Å². The molecule has 4 aromatic rings. The van der Waals surface area contributed by atoms with Gasteiger partial charge in [0.25, 0.3) is 11.5 Å². The van der Waals surface area contributed by atoms with Crippen LogP contribution in [0.25, 0.3) is 16.6 Å². The van der Waals surface area contributed by atoms with Gasteiger partial charge in [0.2, 0.25) is 6.29 Å². The summed E-state index contributed by atoms with van der Waals surface area (Å²) in [6.07, 6.45) is 4.01. The van der Waals surface area contributed by atoms with E-state index in [0.29, 0.717) is 51.4 Å². The van der Waals surface area contributed by atoms with Crippen LogP contribution in [0.3, 0.4) is 0 Å². The molecule has 0 spiro atoms. The van der Waals surface area contributed by atoms with Gasteiger partial charge in [0.1, 0.15) is 5.75 Å². The molecule has 48 heavy (non-hydrogen) atoms. The van der Waals surface area contributed by atoms with Gasteiger partial charge in [-0.25, -0.2) is 4.68 Å². The normalized spacial score (nSPS) is 17.7. The van der Waals surface area contributed by atoms with Crippen molar-refractivity contribution in [2.75, 3.05) is 53.3 Å². The molecule has 0 aliphatic carbocycles. The van der Waals surface area contributed by atoms with Gasteiger partial charge in [0, 0.05) is 67.0 Å². The first-order valence-corrected chi connectivity index (χ1v) is 16.4. The number of aliphatic hydroxyl groups excluding tert-OH is 1. The van der Waals surface area contributed by atoms with Gasteiger partial charge in [-0.1, -0.05) is 18.2 Å². The molecule has 2 aromatic carbocycles. The van der Waals surface area contributed by atoms with Crippen LogP contribution in [-0.4, -0.2) is 84.9 Å². The number of methoxy groups -OCH3 is 1. The smallest absolute Gasteiger partial charge is 0.286 e. The van der Waals surface area contributed by atoms with Crippen LogP contribution < -0.4 is 15.6 Å². The predicted octanol–water partition coefficient (Wildman–Crippen LogP) is 3.73. The minimum atomic E-state index is -0.787. The zero-order valence-electron chi connectivity index (χ0n) is 28.1. The number of para-hydroxylation sites is 1. The first kappa shape index (κ1) is 35.0. The highest BCUT2D eigenvalue weighted by Crippen LogP contribution is 2.39. The third-order valence-corrected chi connectivity index (χ3v) is 8.73. The van der Waals surface area contributed by atoms with E-state index in [4.69, 9.17) is 28.8 Å². The summed E-state index contributed by atoms with van der Waals surface area (Å²) in [6, 6.07) is 15.3. The van der Waals surface area contributed by atoms with Crippen molar-refractivity contribution in [2.45, 2.75) is 38.9 Å². The largest absolute Gasteiger partial charge is 0.497 e. The number of hydrogen-bond acceptors (Lipinski definition) is 8. The zero-order valence-corrected chi connectivity index (χ0v) is 28.1. The molecule has 0 unspecified atom stereocenters. The van der Waals surface area contributed by atoms with Crippen LogP contribution in [0.15, 0.2) is 71.4 Å². The van der Waals surface area contributed by atoms with E-state index < -0.39 is 12.2 Å². The summed E-state index contributed by atoms with van der Waals surface area (Å²) in [7, 11) is 3.49. The molecule has 258 valence electrons. The number of amides is 1. The molecule has 0 bridgehead atoms. The molecular formula is C36H46N4O8. The van der Waals surface area contributed by atoms with E-state index in [-0.39, 0.29) is 36.4 Å². The van der Waals surface area contributed by atoms with Crippen molar-refractivity contribution in [3.8, 4) is 11.4 Å². The molecule has 1 amide bonds. The van der Waals surface area contributed by atoms with Crippen LogP contribution >= 0.6 is 0 Å². The number of carbonyl (C=O) groups excluding carboxylic acids is 1. The van der Waals surface area contributed by atoms with Crippen molar-refractivity contribution >= 4 is 16.8 Å². The number of aromatic nitrogens is 3. The Balaban J connectivity index is 1.41. The number of rotatable bonds is 17. The second-order valence-electron chi connectivity index (χ2n) is 11.6. The fourth-order valence-electron chi connectivity index (χ4n) is 6.24. The number of ether oxygens (including phenoxy) is 5. The van der Waals surface area contributed by atoms with E-state index in [2.05, 4.69) is 10.3 Å². The predicted molar refractivity (Wildman–Crippen MR) is 181 cm³/mol. The molecule has 3 N–H and O–H groups in total. The van der Waals surface area contributed by atoms with Gasteiger partial charge in [-0.2, -0.15) is 0 Å². The van der Waals surface area contributed by atoms with Crippen molar-refractivity contribution in [3.63, 3.8) is 0 Å². The van der Waals surface area contributed by atoms with Crippen LogP contribution in [0, 0.1) is 12.8 Å². The number of aromatic amines is 1. The van der Waals surface area contributed by atoms with Crippen molar-refractivity contribution < 1.29 is 33.6 Å². The Morgan fingerprint density at radius 2 is 1.85 bits per heavy atom. The maximum Gasteiger partial charge on any atom is 0.286 e. The summed E-state index contributed by atoms with van der Waals surface area (Å²) in [5, 5.41) is 13.0. The molecule has 1 aliphatic rings. The van der Waals surface area contributed by atoms with Gasteiger partial charge >= 0.3 is 0 Å². The molecule has 0 radical (unpaired) electrons. The summed E-state index contributed by atoms with van der Waals surface area (Å²) < 4.78 is 32.4. The molecule has 0 saturated carbocycles. The maximum atomic E-state index is 14.2. The summed E-state index contributed by atoms with van der Waals surface area (Å²) in [6.45, 7) is 5.78. The summed E-state index contributed by atoms with van der Waals surface area (Å²) in [4.78, 5) is 31.1. The van der Waals surface area contributed by atoms with E-state index in [1.54, 1.807) is 17.9 Å². The quantitative estimate of drug-likeness (QED) is 0.146. The van der Waals surface area contributed by atoms with Gasteiger partial charge in [0.05, 0.1) is 39.2 Å². The van der Waals surface area contributed by atoms with Crippen molar-refractivity contribution in [1.29, 1.82) is 0 Å². The molecule has 1 aliphatic heterocycles. The van der Waals surface area contributed by atoms with Crippen LogP contribution in [0.1, 0.15) is 36.1 Å². The summed E-state index contributed by atoms with van der Waals surface area (Å²) in [5.74, 6) is -0.315. The first-order chi connectivity index (χ1) is 23.4. The minimum absolute atomic E-state index is 0.0471. The van der Waals surface area contributed by atoms with Gasteiger partial charge in [0.15, 0.2) is 5.76 Å². The second kappa shape index (κ2) is 16.6. The number of H-pyrrole nitrogens is 1. The van der Waals surface area contributed by atoms with Crippen molar-refractivity contribution in [1.82, 2.24) is 19.7 Å². The third kappa shape index (κ3) is 7.84. The molecule has 12 heteroatoms.